The van der Waals surface area contributed by atoms with Crippen LogP contribution in [0.1, 0.15) is 19.4 Å². The Bertz CT molecular complexity index is 602. The highest BCUT2D eigenvalue weighted by Gasteiger charge is 2.16. The first kappa shape index (κ1) is 12.0. The minimum Gasteiger partial charge on any atom is -0.471 e. The summed E-state index contributed by atoms with van der Waals surface area (Å²) in [4.78, 5) is 11.1. The van der Waals surface area contributed by atoms with Crippen LogP contribution in [0, 0.1) is 11.8 Å². The lowest BCUT2D eigenvalue weighted by Crippen LogP contribution is -1.94. The van der Waals surface area contributed by atoms with E-state index in [0.717, 1.165) is 11.1 Å². The second kappa shape index (κ2) is 5.24. The van der Waals surface area contributed by atoms with Gasteiger partial charge in [-0.25, -0.2) is 4.79 Å². The summed E-state index contributed by atoms with van der Waals surface area (Å²) in [6.45, 7) is 3.62. The predicted octanol–water partition coefficient (Wildman–Crippen LogP) is 2.96. The fraction of sp³-hybridized carbons (Fsp3) is 0.133. The van der Waals surface area contributed by atoms with Gasteiger partial charge in [0.1, 0.15) is 12.0 Å². The van der Waals surface area contributed by atoms with Crippen molar-refractivity contribution >= 4 is 5.97 Å². The molecule has 90 valence electrons. The first-order valence-electron chi connectivity index (χ1n) is 5.48. The molecule has 3 heteroatoms. The van der Waals surface area contributed by atoms with Crippen LogP contribution in [0.25, 0.3) is 0 Å². The van der Waals surface area contributed by atoms with E-state index in [1.54, 1.807) is 43.7 Å². The summed E-state index contributed by atoms with van der Waals surface area (Å²) < 4.78 is 9.92. The van der Waals surface area contributed by atoms with E-state index in [4.69, 9.17) is 9.15 Å². The zero-order valence-corrected chi connectivity index (χ0v) is 10.2. The maximum absolute atomic E-state index is 11.1. The summed E-state index contributed by atoms with van der Waals surface area (Å²) in [5.74, 6) is 6.09. The van der Waals surface area contributed by atoms with Crippen molar-refractivity contribution < 1.29 is 13.9 Å². The number of hydrogen-bond donors (Lipinski definition) is 0. The molecule has 0 aliphatic carbocycles. The Kier molecular flexibility index (Phi) is 3.49. The van der Waals surface area contributed by atoms with Crippen LogP contribution in [-0.2, 0) is 9.53 Å². The number of carbonyl (C=O) groups is 1. The van der Waals surface area contributed by atoms with Crippen LogP contribution >= 0.6 is 0 Å². The Balaban J connectivity index is 2.07. The van der Waals surface area contributed by atoms with Gasteiger partial charge < -0.3 is 9.15 Å². The number of rotatable bonds is 1. The molecule has 1 aliphatic rings. The number of carbonyl (C=O) groups excluding carboxylic acids is 1. The van der Waals surface area contributed by atoms with Crippen molar-refractivity contribution in [2.75, 3.05) is 0 Å². The summed E-state index contributed by atoms with van der Waals surface area (Å²) in [6, 6.07) is 1.79. The molecule has 0 bridgehead atoms. The van der Waals surface area contributed by atoms with Crippen LogP contribution < -0.4 is 0 Å². The van der Waals surface area contributed by atoms with Gasteiger partial charge in [0.15, 0.2) is 0 Å². The van der Waals surface area contributed by atoms with Crippen molar-refractivity contribution in [3.8, 4) is 11.8 Å². The highest BCUT2D eigenvalue weighted by molar-refractivity contribution is 5.92. The summed E-state index contributed by atoms with van der Waals surface area (Å²) in [5, 5.41) is 0. The maximum atomic E-state index is 11.1. The van der Waals surface area contributed by atoms with E-state index in [1.165, 1.54) is 0 Å². The third-order valence-electron chi connectivity index (χ3n) is 2.30. The van der Waals surface area contributed by atoms with E-state index in [9.17, 15) is 4.79 Å². The molecule has 1 aromatic rings. The number of ether oxygens (including phenoxy) is 1. The van der Waals surface area contributed by atoms with Crippen LogP contribution in [0.2, 0.25) is 0 Å². The first-order valence-corrected chi connectivity index (χ1v) is 5.48. The topological polar surface area (TPSA) is 39.4 Å². The second-order valence-electron chi connectivity index (χ2n) is 3.93. The van der Waals surface area contributed by atoms with Gasteiger partial charge in [-0.2, -0.15) is 0 Å². The van der Waals surface area contributed by atoms with Crippen molar-refractivity contribution in [3.63, 3.8) is 0 Å². The molecule has 0 atom stereocenters. The number of hydrogen-bond acceptors (Lipinski definition) is 3. The highest BCUT2D eigenvalue weighted by Crippen LogP contribution is 2.17. The average molecular weight is 240 g/mol. The Labute approximate surface area is 105 Å². The molecular formula is C15H12O3. The van der Waals surface area contributed by atoms with Crippen LogP contribution in [-0.4, -0.2) is 5.97 Å². The third-order valence-corrected chi connectivity index (χ3v) is 2.30. The molecule has 0 amide bonds. The zero-order valence-electron chi connectivity index (χ0n) is 10.2. The molecule has 0 fully saturated rings. The molecular weight excluding hydrogens is 228 g/mol. The minimum absolute atomic E-state index is 0.293. The quantitative estimate of drug-likeness (QED) is 0.559. The normalized spacial score (nSPS) is 17.2. The number of cyclic esters (lactones) is 1. The van der Waals surface area contributed by atoms with Gasteiger partial charge in [-0.05, 0) is 43.7 Å². The summed E-state index contributed by atoms with van der Waals surface area (Å²) in [7, 11) is 0. The fourth-order valence-electron chi connectivity index (χ4n) is 1.40. The van der Waals surface area contributed by atoms with E-state index in [2.05, 4.69) is 11.8 Å². The van der Waals surface area contributed by atoms with Crippen molar-refractivity contribution in [2.45, 2.75) is 13.8 Å². The molecule has 2 heterocycles. The van der Waals surface area contributed by atoms with Crippen molar-refractivity contribution in [3.05, 3.63) is 59.3 Å². The SMILES string of the molecule is CC1=C/C(=C\C(C)=C/C#Cc2ccoc2)OC1=O. The second-order valence-corrected chi connectivity index (χ2v) is 3.93. The summed E-state index contributed by atoms with van der Waals surface area (Å²) in [6.07, 6.45) is 8.41. The molecule has 0 radical (unpaired) electrons. The molecule has 0 saturated carbocycles. The summed E-state index contributed by atoms with van der Waals surface area (Å²) >= 11 is 0. The van der Waals surface area contributed by atoms with Gasteiger partial charge in [0.05, 0.1) is 11.8 Å². The molecule has 1 aromatic heterocycles. The molecule has 0 unspecified atom stereocenters. The van der Waals surface area contributed by atoms with E-state index in [1.807, 2.05) is 6.92 Å². The number of allylic oxidation sites excluding steroid dienone is 4. The summed E-state index contributed by atoms with van der Waals surface area (Å²) in [5.41, 5.74) is 2.35. The monoisotopic (exact) mass is 240 g/mol. The van der Waals surface area contributed by atoms with Gasteiger partial charge >= 0.3 is 5.97 Å². The van der Waals surface area contributed by atoms with E-state index in [0.29, 0.717) is 11.3 Å². The lowest BCUT2D eigenvalue weighted by atomic mass is 10.2. The Morgan fingerprint density at radius 2 is 2.28 bits per heavy atom. The van der Waals surface area contributed by atoms with E-state index < -0.39 is 0 Å². The van der Waals surface area contributed by atoms with Gasteiger partial charge in [0.25, 0.3) is 0 Å². The van der Waals surface area contributed by atoms with E-state index in [-0.39, 0.29) is 5.97 Å². The van der Waals surface area contributed by atoms with Crippen LogP contribution in [0.5, 0.6) is 0 Å². The first-order chi connectivity index (χ1) is 8.65. The largest absolute Gasteiger partial charge is 0.471 e. The molecule has 0 N–H and O–H groups in total. The van der Waals surface area contributed by atoms with Crippen molar-refractivity contribution in [2.24, 2.45) is 0 Å². The molecule has 18 heavy (non-hydrogen) atoms. The van der Waals surface area contributed by atoms with Gasteiger partial charge in [0, 0.05) is 5.57 Å². The van der Waals surface area contributed by atoms with Crippen LogP contribution in [0.15, 0.2) is 58.1 Å². The van der Waals surface area contributed by atoms with E-state index >= 15 is 0 Å². The lowest BCUT2D eigenvalue weighted by molar-refractivity contribution is -0.133. The van der Waals surface area contributed by atoms with Gasteiger partial charge in [0.2, 0.25) is 0 Å². The molecule has 3 nitrogen and oxygen atoms in total. The molecule has 2 rings (SSSR count). The standard InChI is InChI=1S/C15H12O3/c1-11(4-3-5-13-6-7-17-10-13)8-14-9-12(2)15(16)18-14/h4,6-10H,1-2H3/b11-4-,14-8+. The van der Waals surface area contributed by atoms with Crippen LogP contribution in [0.4, 0.5) is 0 Å². The predicted molar refractivity (Wildman–Crippen MR) is 67.3 cm³/mol. The fourth-order valence-corrected chi connectivity index (χ4v) is 1.40. The van der Waals surface area contributed by atoms with Gasteiger partial charge in [-0.15, -0.1) is 0 Å². The molecule has 0 saturated heterocycles. The molecule has 0 spiro atoms. The van der Waals surface area contributed by atoms with Crippen molar-refractivity contribution in [1.82, 2.24) is 0 Å². The lowest BCUT2D eigenvalue weighted by Gasteiger charge is -1.94. The van der Waals surface area contributed by atoms with Crippen LogP contribution in [0.3, 0.4) is 0 Å². The van der Waals surface area contributed by atoms with Gasteiger partial charge in [-0.3, -0.25) is 0 Å². The third kappa shape index (κ3) is 3.02. The highest BCUT2D eigenvalue weighted by atomic mass is 16.5. The Morgan fingerprint density at radius 3 is 2.89 bits per heavy atom. The smallest absolute Gasteiger partial charge is 0.339 e. The maximum Gasteiger partial charge on any atom is 0.339 e. The van der Waals surface area contributed by atoms with Crippen molar-refractivity contribution in [1.29, 1.82) is 0 Å². The molecule has 1 aliphatic heterocycles. The average Bonchev–Trinajstić information content (AvgIpc) is 2.90. The van der Waals surface area contributed by atoms with Gasteiger partial charge in [-0.1, -0.05) is 11.8 Å². The molecule has 0 aromatic carbocycles. The minimum atomic E-state index is -0.293. The number of esters is 1. The zero-order chi connectivity index (χ0) is 13.0. The Morgan fingerprint density at radius 1 is 1.44 bits per heavy atom. The number of furan rings is 1. The Hall–Kier alpha value is -2.47.